The van der Waals surface area contributed by atoms with E-state index in [1.54, 1.807) is 18.2 Å². The summed E-state index contributed by atoms with van der Waals surface area (Å²) in [5.41, 5.74) is 1.79. The van der Waals surface area contributed by atoms with Crippen molar-refractivity contribution in [2.75, 3.05) is 10.8 Å². The highest BCUT2D eigenvalue weighted by atomic mass is 79.9. The molecule has 11 heteroatoms. The zero-order chi connectivity index (χ0) is 32.7. The zero-order valence-corrected chi connectivity index (χ0v) is 28.9. The van der Waals surface area contributed by atoms with Gasteiger partial charge in [0.15, 0.2) is 0 Å². The van der Waals surface area contributed by atoms with E-state index >= 15 is 0 Å². The fourth-order valence-electron chi connectivity index (χ4n) is 5.64. The summed E-state index contributed by atoms with van der Waals surface area (Å²) in [6, 6.07) is 28.3. The average Bonchev–Trinajstić information content (AvgIpc) is 3.55. The van der Waals surface area contributed by atoms with Gasteiger partial charge in [0.2, 0.25) is 11.8 Å². The van der Waals surface area contributed by atoms with Gasteiger partial charge in [0, 0.05) is 33.5 Å². The van der Waals surface area contributed by atoms with Gasteiger partial charge in [-0.3, -0.25) is 13.9 Å². The Hall–Kier alpha value is -3.37. The van der Waals surface area contributed by atoms with E-state index in [0.29, 0.717) is 0 Å². The molecule has 0 bridgehead atoms. The van der Waals surface area contributed by atoms with Gasteiger partial charge in [-0.25, -0.2) is 8.42 Å². The number of nitrogens with zero attached hydrogens (tertiary/aromatic N) is 2. The fourth-order valence-corrected chi connectivity index (χ4v) is 7.84. The maximum Gasteiger partial charge on any atom is 0.264 e. The number of benzene rings is 4. The zero-order valence-electron chi connectivity index (χ0n) is 25.0. The lowest BCUT2D eigenvalue weighted by Gasteiger charge is -2.34. The summed E-state index contributed by atoms with van der Waals surface area (Å²) in [7, 11) is -4.26. The summed E-state index contributed by atoms with van der Waals surface area (Å²) < 4.78 is 30.1. The summed E-state index contributed by atoms with van der Waals surface area (Å²) in [5, 5.41) is 3.61. The number of rotatable bonds is 12. The molecule has 0 radical (unpaired) electrons. The number of hydrogen-bond acceptors (Lipinski definition) is 4. The first-order chi connectivity index (χ1) is 22.1. The molecule has 0 saturated heterocycles. The lowest BCUT2D eigenvalue weighted by Crippen LogP contribution is -2.54. The molecule has 1 aliphatic rings. The molecule has 240 valence electrons. The van der Waals surface area contributed by atoms with Crippen LogP contribution >= 0.6 is 39.1 Å². The monoisotopic (exact) mass is 741 g/mol. The van der Waals surface area contributed by atoms with E-state index < -0.39 is 28.5 Å². The predicted octanol–water partition coefficient (Wildman–Crippen LogP) is 7.65. The summed E-state index contributed by atoms with van der Waals surface area (Å²) >= 11 is 16.1. The van der Waals surface area contributed by atoms with Crippen molar-refractivity contribution in [3.8, 4) is 0 Å². The Labute approximate surface area is 288 Å². The Bertz CT molecular complexity index is 1730. The van der Waals surface area contributed by atoms with Crippen LogP contribution in [-0.2, 0) is 32.6 Å². The number of carbonyl (C=O) groups excluding carboxylic acids is 2. The first kappa shape index (κ1) is 34.0. The molecule has 2 amide bonds. The molecule has 0 unspecified atom stereocenters. The molecule has 0 spiro atoms. The van der Waals surface area contributed by atoms with E-state index in [2.05, 4.69) is 21.2 Å². The second-order valence-corrected chi connectivity index (χ2v) is 14.9. The van der Waals surface area contributed by atoms with E-state index in [0.717, 1.165) is 45.6 Å². The number of hydrogen-bond donors (Lipinski definition) is 1. The molecule has 1 saturated carbocycles. The first-order valence-electron chi connectivity index (χ1n) is 15.0. The van der Waals surface area contributed by atoms with Crippen LogP contribution in [0.15, 0.2) is 112 Å². The van der Waals surface area contributed by atoms with Crippen molar-refractivity contribution in [3.05, 3.63) is 129 Å². The maximum atomic E-state index is 14.6. The topological polar surface area (TPSA) is 86.8 Å². The largest absolute Gasteiger partial charge is 0.352 e. The van der Waals surface area contributed by atoms with Gasteiger partial charge < -0.3 is 10.2 Å². The minimum atomic E-state index is -4.26. The highest BCUT2D eigenvalue weighted by Gasteiger charge is 2.35. The normalized spacial score (nSPS) is 14.1. The van der Waals surface area contributed by atoms with Crippen LogP contribution in [0.25, 0.3) is 0 Å². The van der Waals surface area contributed by atoms with E-state index in [1.807, 2.05) is 54.6 Å². The van der Waals surface area contributed by atoms with Gasteiger partial charge in [0.25, 0.3) is 10.0 Å². The maximum absolute atomic E-state index is 14.6. The third-order valence-corrected chi connectivity index (χ3v) is 10.7. The van der Waals surface area contributed by atoms with Crippen molar-refractivity contribution in [3.63, 3.8) is 0 Å². The molecule has 4 aromatic rings. The summed E-state index contributed by atoms with van der Waals surface area (Å²) in [6.07, 6.45) is 4.07. The molecule has 7 nitrogen and oxygen atoms in total. The van der Waals surface area contributed by atoms with Crippen LogP contribution < -0.4 is 9.62 Å². The van der Waals surface area contributed by atoms with E-state index in [-0.39, 0.29) is 45.5 Å². The molecular weight excluding hydrogens is 709 g/mol. The highest BCUT2D eigenvalue weighted by molar-refractivity contribution is 9.10. The summed E-state index contributed by atoms with van der Waals surface area (Å²) in [6.45, 7) is -0.510. The van der Waals surface area contributed by atoms with Gasteiger partial charge in [-0.05, 0) is 66.4 Å². The van der Waals surface area contributed by atoms with Crippen molar-refractivity contribution in [1.82, 2.24) is 10.2 Å². The molecule has 0 aromatic heterocycles. The summed E-state index contributed by atoms with van der Waals surface area (Å²) in [5.74, 6) is -0.828. The van der Waals surface area contributed by atoms with Crippen LogP contribution in [0.3, 0.4) is 0 Å². The van der Waals surface area contributed by atoms with Gasteiger partial charge in [-0.1, -0.05) is 113 Å². The Morgan fingerprint density at radius 3 is 2.02 bits per heavy atom. The first-order valence-corrected chi connectivity index (χ1v) is 18.0. The number of sulfonamides is 1. The second-order valence-electron chi connectivity index (χ2n) is 11.3. The van der Waals surface area contributed by atoms with Gasteiger partial charge >= 0.3 is 0 Å². The fraction of sp³-hybridized carbons (Fsp3) is 0.257. The molecule has 1 fully saturated rings. The predicted molar refractivity (Wildman–Crippen MR) is 186 cm³/mol. The van der Waals surface area contributed by atoms with Crippen molar-refractivity contribution in [2.24, 2.45) is 0 Å². The SMILES string of the molecule is O=C(NC1CCCC1)[C@@H](Cc1ccccc1)N(Cc1ccc(Br)cc1)C(=O)CN(c1cc(Cl)cc(Cl)c1)S(=O)(=O)c1ccccc1. The van der Waals surface area contributed by atoms with Crippen molar-refractivity contribution in [2.45, 2.75) is 55.6 Å². The van der Waals surface area contributed by atoms with E-state index in [1.165, 1.54) is 35.2 Å². The Morgan fingerprint density at radius 1 is 0.826 bits per heavy atom. The third-order valence-electron chi connectivity index (χ3n) is 7.98. The molecule has 46 heavy (non-hydrogen) atoms. The number of halogens is 3. The number of nitrogens with one attached hydrogen (secondary N) is 1. The van der Waals surface area contributed by atoms with Crippen molar-refractivity contribution < 1.29 is 18.0 Å². The average molecular weight is 744 g/mol. The van der Waals surface area contributed by atoms with Gasteiger partial charge in [0.1, 0.15) is 12.6 Å². The van der Waals surface area contributed by atoms with Crippen molar-refractivity contribution in [1.29, 1.82) is 0 Å². The van der Waals surface area contributed by atoms with E-state index in [9.17, 15) is 18.0 Å². The van der Waals surface area contributed by atoms with Crippen LogP contribution in [-0.4, -0.2) is 43.8 Å². The Morgan fingerprint density at radius 2 is 1.41 bits per heavy atom. The molecule has 1 N–H and O–H groups in total. The molecule has 0 aliphatic heterocycles. The molecular formula is C35H34BrCl2N3O4S. The Balaban J connectivity index is 1.57. The van der Waals surface area contributed by atoms with Crippen LogP contribution in [0.5, 0.6) is 0 Å². The smallest absolute Gasteiger partial charge is 0.264 e. The molecule has 1 atom stereocenters. The molecule has 5 rings (SSSR count). The lowest BCUT2D eigenvalue weighted by molar-refractivity contribution is -0.140. The van der Waals surface area contributed by atoms with Crippen molar-refractivity contribution >= 4 is 66.7 Å². The van der Waals surface area contributed by atoms with Crippen LogP contribution in [0.2, 0.25) is 10.0 Å². The van der Waals surface area contributed by atoms with Gasteiger partial charge in [-0.15, -0.1) is 0 Å². The second kappa shape index (κ2) is 15.5. The van der Waals surface area contributed by atoms with Crippen LogP contribution in [0, 0.1) is 0 Å². The molecule has 1 aliphatic carbocycles. The number of carbonyl (C=O) groups is 2. The Kier molecular flexibility index (Phi) is 11.4. The number of anilines is 1. The van der Waals surface area contributed by atoms with Crippen LogP contribution in [0.4, 0.5) is 5.69 Å². The molecule has 4 aromatic carbocycles. The lowest BCUT2D eigenvalue weighted by atomic mass is 10.0. The summed E-state index contributed by atoms with van der Waals surface area (Å²) in [4.78, 5) is 30.1. The third kappa shape index (κ3) is 8.70. The standard InChI is InChI=1S/C35H34BrCl2N3O4S/c36-27-17-15-26(16-18-27)23-40(33(19-25-9-3-1-4-10-25)35(43)39-30-11-7-8-12-30)34(42)24-41(31-21-28(37)20-29(38)22-31)46(44,45)32-13-5-2-6-14-32/h1-6,9-10,13-18,20-22,30,33H,7-8,11-12,19,23-24H2,(H,39,43)/t33-/m1/s1. The quantitative estimate of drug-likeness (QED) is 0.162. The van der Waals surface area contributed by atoms with Gasteiger partial charge in [-0.2, -0.15) is 0 Å². The van der Waals surface area contributed by atoms with E-state index in [4.69, 9.17) is 23.2 Å². The minimum absolute atomic E-state index is 0.00169. The molecule has 0 heterocycles. The van der Waals surface area contributed by atoms with Crippen LogP contribution in [0.1, 0.15) is 36.8 Å². The minimum Gasteiger partial charge on any atom is -0.352 e. The van der Waals surface area contributed by atoms with Gasteiger partial charge in [0.05, 0.1) is 10.6 Å². The number of amides is 2. The highest BCUT2D eigenvalue weighted by Crippen LogP contribution is 2.30.